The van der Waals surface area contributed by atoms with E-state index in [4.69, 9.17) is 0 Å². The summed E-state index contributed by atoms with van der Waals surface area (Å²) in [6, 6.07) is 8.94. The van der Waals surface area contributed by atoms with Crippen molar-refractivity contribution in [2.24, 2.45) is 0 Å². The molecule has 0 aliphatic rings. The molecule has 1 N–H and O–H groups in total. The van der Waals surface area contributed by atoms with Gasteiger partial charge in [-0.2, -0.15) is 0 Å². The fourth-order valence-corrected chi connectivity index (χ4v) is 2.72. The van der Waals surface area contributed by atoms with Gasteiger partial charge in [-0.1, -0.05) is 19.1 Å². The van der Waals surface area contributed by atoms with Crippen molar-refractivity contribution in [3.63, 3.8) is 0 Å². The Morgan fingerprint density at radius 2 is 2.26 bits per heavy atom. The Morgan fingerprint density at radius 3 is 2.95 bits per heavy atom. The molecule has 106 valence electrons. The molecule has 0 aliphatic heterocycles. The third kappa shape index (κ3) is 6.12. The quantitative estimate of drug-likeness (QED) is 0.450. The van der Waals surface area contributed by atoms with Gasteiger partial charge in [-0.05, 0) is 43.3 Å². The SMILES string of the molecule is CCNC(C)c1cccc(SCCCC(=O)OC)c1. The molecule has 0 spiro atoms. The van der Waals surface area contributed by atoms with E-state index in [1.807, 2.05) is 0 Å². The van der Waals surface area contributed by atoms with Gasteiger partial charge in [0, 0.05) is 17.4 Å². The zero-order chi connectivity index (χ0) is 14.1. The number of carbonyl (C=O) groups is 1. The number of benzene rings is 1. The van der Waals surface area contributed by atoms with Crippen LogP contribution in [0.25, 0.3) is 0 Å². The highest BCUT2D eigenvalue weighted by Gasteiger charge is 2.05. The van der Waals surface area contributed by atoms with Crippen LogP contribution >= 0.6 is 11.8 Å². The van der Waals surface area contributed by atoms with Crippen LogP contribution in [0.5, 0.6) is 0 Å². The second-order valence-electron chi connectivity index (χ2n) is 4.38. The largest absolute Gasteiger partial charge is 0.469 e. The minimum absolute atomic E-state index is 0.130. The number of hydrogen-bond donors (Lipinski definition) is 1. The number of ether oxygens (including phenoxy) is 1. The number of carbonyl (C=O) groups excluding carboxylic acids is 1. The molecule has 0 amide bonds. The summed E-state index contributed by atoms with van der Waals surface area (Å²) in [5.74, 6) is 0.809. The van der Waals surface area contributed by atoms with E-state index in [2.05, 4.69) is 48.2 Å². The molecule has 0 aliphatic carbocycles. The van der Waals surface area contributed by atoms with Crippen molar-refractivity contribution in [1.82, 2.24) is 5.32 Å². The molecule has 0 fully saturated rings. The lowest BCUT2D eigenvalue weighted by Gasteiger charge is -2.13. The first-order valence-electron chi connectivity index (χ1n) is 6.70. The molecule has 19 heavy (non-hydrogen) atoms. The van der Waals surface area contributed by atoms with Gasteiger partial charge in [0.15, 0.2) is 0 Å². The first-order valence-corrected chi connectivity index (χ1v) is 7.69. The van der Waals surface area contributed by atoms with Crippen LogP contribution in [-0.2, 0) is 9.53 Å². The molecule has 0 radical (unpaired) electrons. The van der Waals surface area contributed by atoms with Crippen LogP contribution in [0.4, 0.5) is 0 Å². The molecule has 0 heterocycles. The number of rotatable bonds is 8. The predicted molar refractivity (Wildman–Crippen MR) is 80.5 cm³/mol. The zero-order valence-electron chi connectivity index (χ0n) is 11.9. The van der Waals surface area contributed by atoms with Gasteiger partial charge in [0.1, 0.15) is 0 Å². The van der Waals surface area contributed by atoms with Gasteiger partial charge in [0.25, 0.3) is 0 Å². The maximum absolute atomic E-state index is 11.0. The Balaban J connectivity index is 2.42. The summed E-state index contributed by atoms with van der Waals surface area (Å²) < 4.78 is 4.62. The van der Waals surface area contributed by atoms with Gasteiger partial charge in [0.2, 0.25) is 0 Å². The van der Waals surface area contributed by atoms with Gasteiger partial charge in [-0.15, -0.1) is 11.8 Å². The Morgan fingerprint density at radius 1 is 1.47 bits per heavy atom. The molecule has 1 unspecified atom stereocenters. The monoisotopic (exact) mass is 281 g/mol. The normalized spacial score (nSPS) is 12.2. The van der Waals surface area contributed by atoms with Crippen LogP contribution in [0, 0.1) is 0 Å². The van der Waals surface area contributed by atoms with Crippen LogP contribution in [0.1, 0.15) is 38.3 Å². The smallest absolute Gasteiger partial charge is 0.305 e. The van der Waals surface area contributed by atoms with E-state index in [0.717, 1.165) is 18.7 Å². The highest BCUT2D eigenvalue weighted by molar-refractivity contribution is 7.99. The van der Waals surface area contributed by atoms with E-state index in [1.54, 1.807) is 11.8 Å². The molecule has 0 aromatic heterocycles. The van der Waals surface area contributed by atoms with Crippen molar-refractivity contribution in [3.05, 3.63) is 29.8 Å². The Hall–Kier alpha value is -1.00. The second kappa shape index (κ2) is 8.99. The zero-order valence-corrected chi connectivity index (χ0v) is 12.8. The maximum atomic E-state index is 11.0. The van der Waals surface area contributed by atoms with E-state index in [1.165, 1.54) is 17.6 Å². The number of nitrogens with one attached hydrogen (secondary N) is 1. The summed E-state index contributed by atoms with van der Waals surface area (Å²) in [6.45, 7) is 5.25. The Kier molecular flexibility index (Phi) is 7.60. The van der Waals surface area contributed by atoms with Crippen molar-refractivity contribution in [2.45, 2.75) is 37.6 Å². The molecular weight excluding hydrogens is 258 g/mol. The standard InChI is InChI=1S/C15H23NO2S/c1-4-16-12(2)13-7-5-8-14(11-13)19-10-6-9-15(17)18-3/h5,7-8,11-12,16H,4,6,9-10H2,1-3H3. The molecular formula is C15H23NO2S. The molecule has 1 aromatic rings. The van der Waals surface area contributed by atoms with E-state index in [9.17, 15) is 4.79 Å². The number of hydrogen-bond acceptors (Lipinski definition) is 4. The molecule has 3 nitrogen and oxygen atoms in total. The topological polar surface area (TPSA) is 38.3 Å². The molecule has 0 bridgehead atoms. The molecule has 1 atom stereocenters. The van der Waals surface area contributed by atoms with Gasteiger partial charge in [0.05, 0.1) is 7.11 Å². The fourth-order valence-electron chi connectivity index (χ4n) is 1.81. The van der Waals surface area contributed by atoms with E-state index >= 15 is 0 Å². The van der Waals surface area contributed by atoms with Crippen molar-refractivity contribution in [1.29, 1.82) is 0 Å². The molecule has 0 saturated carbocycles. The highest BCUT2D eigenvalue weighted by atomic mass is 32.2. The number of esters is 1. The van der Waals surface area contributed by atoms with Crippen molar-refractivity contribution in [3.8, 4) is 0 Å². The maximum Gasteiger partial charge on any atom is 0.305 e. The first kappa shape index (κ1) is 16.1. The summed E-state index contributed by atoms with van der Waals surface area (Å²) in [4.78, 5) is 12.3. The second-order valence-corrected chi connectivity index (χ2v) is 5.55. The van der Waals surface area contributed by atoms with Crippen LogP contribution < -0.4 is 5.32 Å². The summed E-state index contributed by atoms with van der Waals surface area (Å²) in [5.41, 5.74) is 1.31. The highest BCUT2D eigenvalue weighted by Crippen LogP contribution is 2.23. The third-order valence-electron chi connectivity index (χ3n) is 2.89. The van der Waals surface area contributed by atoms with Crippen LogP contribution in [-0.4, -0.2) is 25.4 Å². The summed E-state index contributed by atoms with van der Waals surface area (Å²) >= 11 is 1.79. The predicted octanol–water partition coefficient (Wildman–Crippen LogP) is 3.40. The van der Waals surface area contributed by atoms with Crippen LogP contribution in [0.15, 0.2) is 29.2 Å². The Labute approximate surface area is 120 Å². The minimum Gasteiger partial charge on any atom is -0.469 e. The fraction of sp³-hybridized carbons (Fsp3) is 0.533. The van der Waals surface area contributed by atoms with Crippen molar-refractivity contribution < 1.29 is 9.53 Å². The Bertz CT molecular complexity index is 395. The lowest BCUT2D eigenvalue weighted by atomic mass is 10.1. The average molecular weight is 281 g/mol. The molecule has 0 saturated heterocycles. The van der Waals surface area contributed by atoms with Gasteiger partial charge in [-0.25, -0.2) is 0 Å². The lowest BCUT2D eigenvalue weighted by Crippen LogP contribution is -2.17. The molecule has 4 heteroatoms. The third-order valence-corrected chi connectivity index (χ3v) is 3.97. The van der Waals surface area contributed by atoms with Gasteiger partial charge in [-0.3, -0.25) is 4.79 Å². The summed E-state index contributed by atoms with van der Waals surface area (Å²) in [6.07, 6.45) is 1.35. The van der Waals surface area contributed by atoms with Crippen LogP contribution in [0.3, 0.4) is 0 Å². The van der Waals surface area contributed by atoms with Gasteiger partial charge >= 0.3 is 5.97 Å². The lowest BCUT2D eigenvalue weighted by molar-refractivity contribution is -0.140. The minimum atomic E-state index is -0.130. The van der Waals surface area contributed by atoms with E-state index in [0.29, 0.717) is 12.5 Å². The van der Waals surface area contributed by atoms with Crippen molar-refractivity contribution >= 4 is 17.7 Å². The number of thioether (sulfide) groups is 1. The number of methoxy groups -OCH3 is 1. The molecule has 1 aromatic carbocycles. The summed E-state index contributed by atoms with van der Waals surface area (Å²) in [7, 11) is 1.43. The molecule has 1 rings (SSSR count). The van der Waals surface area contributed by atoms with Gasteiger partial charge < -0.3 is 10.1 Å². The van der Waals surface area contributed by atoms with E-state index in [-0.39, 0.29) is 5.97 Å². The average Bonchev–Trinajstić information content (AvgIpc) is 2.44. The van der Waals surface area contributed by atoms with Crippen molar-refractivity contribution in [2.75, 3.05) is 19.4 Å². The first-order chi connectivity index (χ1) is 9.17. The summed E-state index contributed by atoms with van der Waals surface area (Å²) in [5, 5.41) is 3.41. The van der Waals surface area contributed by atoms with Crippen LogP contribution in [0.2, 0.25) is 0 Å². The van der Waals surface area contributed by atoms with E-state index < -0.39 is 0 Å².